The molecule has 0 aliphatic carbocycles. The number of hydrogen-bond acceptors (Lipinski definition) is 7. The van der Waals surface area contributed by atoms with E-state index in [4.69, 9.17) is 11.6 Å². The topological polar surface area (TPSA) is 122 Å². The monoisotopic (exact) mass is 416 g/mol. The first-order valence-corrected chi connectivity index (χ1v) is 8.57. The van der Waals surface area contributed by atoms with Gasteiger partial charge in [-0.05, 0) is 55.0 Å². The quantitative estimate of drug-likeness (QED) is 0.410. The Balaban J connectivity index is 1.83. The van der Waals surface area contributed by atoms with Crippen LogP contribution in [0.4, 0.5) is 27.4 Å². The van der Waals surface area contributed by atoms with Crippen molar-refractivity contribution in [1.29, 1.82) is 0 Å². The average Bonchev–Trinajstić information content (AvgIpc) is 2.68. The van der Waals surface area contributed by atoms with Gasteiger partial charge in [0.1, 0.15) is 12.1 Å². The molecule has 3 N–H and O–H groups in total. The molecule has 0 aliphatic rings. The highest BCUT2D eigenvalue weighted by atomic mass is 35.5. The van der Waals surface area contributed by atoms with Crippen LogP contribution in [0.2, 0.25) is 5.02 Å². The summed E-state index contributed by atoms with van der Waals surface area (Å²) in [7, 11) is 0. The van der Waals surface area contributed by atoms with E-state index in [0.717, 1.165) is 24.0 Å². The van der Waals surface area contributed by atoms with Crippen molar-refractivity contribution in [1.82, 2.24) is 15.4 Å². The molecule has 1 aromatic heterocycles. The molecule has 1 heterocycles. The number of hydrogen-bond donors (Lipinski definition) is 3. The van der Waals surface area contributed by atoms with Gasteiger partial charge < -0.3 is 5.32 Å². The number of carbonyl (C=O) groups is 1. The zero-order valence-electron chi connectivity index (χ0n) is 14.9. The predicted molar refractivity (Wildman–Crippen MR) is 106 cm³/mol. The summed E-state index contributed by atoms with van der Waals surface area (Å²) in [5.74, 6) is -1.42. The molecule has 0 saturated heterocycles. The van der Waals surface area contributed by atoms with Crippen LogP contribution in [-0.4, -0.2) is 20.8 Å². The van der Waals surface area contributed by atoms with Crippen molar-refractivity contribution in [2.45, 2.75) is 6.92 Å². The molecular weight excluding hydrogens is 403 g/mol. The summed E-state index contributed by atoms with van der Waals surface area (Å²) >= 11 is 5.92. The van der Waals surface area contributed by atoms with Gasteiger partial charge in [0.25, 0.3) is 5.91 Å². The summed E-state index contributed by atoms with van der Waals surface area (Å²) < 4.78 is 13.0. The van der Waals surface area contributed by atoms with Crippen molar-refractivity contribution in [3.05, 3.63) is 80.9 Å². The van der Waals surface area contributed by atoms with Crippen LogP contribution in [-0.2, 0) is 0 Å². The molecule has 0 radical (unpaired) electrons. The fourth-order valence-electron chi connectivity index (χ4n) is 2.42. The third-order valence-corrected chi connectivity index (χ3v) is 4.08. The maximum Gasteiger partial charge on any atom is 0.355 e. The predicted octanol–water partition coefficient (Wildman–Crippen LogP) is 3.99. The molecule has 0 bridgehead atoms. The van der Waals surface area contributed by atoms with E-state index in [0.29, 0.717) is 10.7 Å². The zero-order chi connectivity index (χ0) is 21.0. The minimum Gasteiger partial charge on any atom is -0.334 e. The molecule has 9 nitrogen and oxygen atoms in total. The standard InChI is InChI=1S/C18H14ClFN6O3/c1-10-8-12(19)4-7-14(10)23-16-15(26(28)29)17(22-9-21-16)24-25-18(27)11-2-5-13(20)6-3-11/h2-9H,1H3,(H,25,27)(H2,21,22,23,24). The number of anilines is 3. The van der Waals surface area contributed by atoms with E-state index in [9.17, 15) is 19.3 Å². The van der Waals surface area contributed by atoms with E-state index in [1.807, 2.05) is 0 Å². The Bertz CT molecular complexity index is 1080. The number of benzene rings is 2. The second kappa shape index (κ2) is 8.48. The number of carbonyl (C=O) groups excluding carboxylic acids is 1. The van der Waals surface area contributed by atoms with Crippen LogP contribution >= 0.6 is 11.6 Å². The molecule has 2 aromatic carbocycles. The molecule has 0 spiro atoms. The molecule has 0 saturated carbocycles. The number of nitrogens with zero attached hydrogens (tertiary/aromatic N) is 3. The SMILES string of the molecule is Cc1cc(Cl)ccc1Nc1ncnc(NNC(=O)c2ccc(F)cc2)c1[N+](=O)[O-]. The van der Waals surface area contributed by atoms with Gasteiger partial charge in [-0.15, -0.1) is 0 Å². The smallest absolute Gasteiger partial charge is 0.334 e. The fraction of sp³-hybridized carbons (Fsp3) is 0.0556. The van der Waals surface area contributed by atoms with Crippen molar-refractivity contribution < 1.29 is 14.1 Å². The number of rotatable bonds is 6. The minimum absolute atomic E-state index is 0.0750. The van der Waals surface area contributed by atoms with Gasteiger partial charge in [-0.25, -0.2) is 14.4 Å². The number of halogens is 2. The van der Waals surface area contributed by atoms with Crippen molar-refractivity contribution >= 4 is 40.5 Å². The molecule has 0 unspecified atom stereocenters. The maximum atomic E-state index is 13.0. The number of nitrogens with one attached hydrogen (secondary N) is 3. The van der Waals surface area contributed by atoms with Crippen LogP contribution in [0.3, 0.4) is 0 Å². The molecule has 3 aromatic rings. The van der Waals surface area contributed by atoms with Gasteiger partial charge in [0, 0.05) is 16.3 Å². The molecule has 1 amide bonds. The van der Waals surface area contributed by atoms with Gasteiger partial charge in [0.15, 0.2) is 0 Å². The Hall–Kier alpha value is -3.79. The van der Waals surface area contributed by atoms with E-state index in [1.54, 1.807) is 25.1 Å². The van der Waals surface area contributed by atoms with E-state index in [1.165, 1.54) is 12.1 Å². The number of aryl methyl sites for hydroxylation is 1. The summed E-state index contributed by atoms with van der Waals surface area (Å²) in [6, 6.07) is 9.78. The molecule has 0 fully saturated rings. The maximum absolute atomic E-state index is 13.0. The minimum atomic E-state index is -0.681. The Morgan fingerprint density at radius 2 is 1.83 bits per heavy atom. The van der Waals surface area contributed by atoms with Gasteiger partial charge in [0.2, 0.25) is 11.6 Å². The normalized spacial score (nSPS) is 10.3. The van der Waals surface area contributed by atoms with Crippen LogP contribution in [0.25, 0.3) is 0 Å². The third kappa shape index (κ3) is 4.74. The summed E-state index contributed by atoms with van der Waals surface area (Å²) in [5, 5.41) is 15.0. The van der Waals surface area contributed by atoms with Crippen LogP contribution < -0.4 is 16.2 Å². The number of amides is 1. The molecular formula is C18H14ClFN6O3. The Morgan fingerprint density at radius 3 is 2.48 bits per heavy atom. The summed E-state index contributed by atoms with van der Waals surface area (Å²) in [6.45, 7) is 1.78. The lowest BCUT2D eigenvalue weighted by atomic mass is 10.2. The van der Waals surface area contributed by atoms with Crippen molar-refractivity contribution in [2.24, 2.45) is 0 Å². The first kappa shape index (κ1) is 20.0. The van der Waals surface area contributed by atoms with E-state index in [2.05, 4.69) is 26.1 Å². The van der Waals surface area contributed by atoms with Crippen molar-refractivity contribution in [3.8, 4) is 0 Å². The Morgan fingerprint density at radius 1 is 1.14 bits per heavy atom. The lowest BCUT2D eigenvalue weighted by Crippen LogP contribution is -2.30. The van der Waals surface area contributed by atoms with E-state index >= 15 is 0 Å². The highest BCUT2D eigenvalue weighted by molar-refractivity contribution is 6.30. The summed E-state index contributed by atoms with van der Waals surface area (Å²) in [4.78, 5) is 30.8. The van der Waals surface area contributed by atoms with E-state index in [-0.39, 0.29) is 17.2 Å². The van der Waals surface area contributed by atoms with Gasteiger partial charge in [-0.1, -0.05) is 11.6 Å². The molecule has 148 valence electrons. The molecule has 29 heavy (non-hydrogen) atoms. The summed E-state index contributed by atoms with van der Waals surface area (Å²) in [5.41, 5.74) is 5.71. The highest BCUT2D eigenvalue weighted by Gasteiger charge is 2.24. The molecule has 0 atom stereocenters. The van der Waals surface area contributed by atoms with Crippen LogP contribution in [0.15, 0.2) is 48.8 Å². The largest absolute Gasteiger partial charge is 0.355 e. The highest BCUT2D eigenvalue weighted by Crippen LogP contribution is 2.32. The number of aromatic nitrogens is 2. The van der Waals surface area contributed by atoms with Crippen LogP contribution in [0.5, 0.6) is 0 Å². The van der Waals surface area contributed by atoms with Gasteiger partial charge in [-0.2, -0.15) is 0 Å². The second-order valence-electron chi connectivity index (χ2n) is 5.85. The van der Waals surface area contributed by atoms with E-state index < -0.39 is 22.3 Å². The van der Waals surface area contributed by atoms with Gasteiger partial charge in [-0.3, -0.25) is 25.8 Å². The fourth-order valence-corrected chi connectivity index (χ4v) is 2.65. The molecule has 11 heteroatoms. The van der Waals surface area contributed by atoms with Crippen LogP contribution in [0.1, 0.15) is 15.9 Å². The lowest BCUT2D eigenvalue weighted by Gasteiger charge is -2.12. The van der Waals surface area contributed by atoms with Crippen LogP contribution in [0, 0.1) is 22.9 Å². The average molecular weight is 417 g/mol. The molecule has 0 aliphatic heterocycles. The zero-order valence-corrected chi connectivity index (χ0v) is 15.7. The van der Waals surface area contributed by atoms with Gasteiger partial charge >= 0.3 is 5.69 Å². The van der Waals surface area contributed by atoms with Crippen molar-refractivity contribution in [3.63, 3.8) is 0 Å². The third-order valence-electron chi connectivity index (χ3n) is 3.85. The Labute approximate surface area is 169 Å². The van der Waals surface area contributed by atoms with Gasteiger partial charge in [0.05, 0.1) is 4.92 Å². The molecule has 3 rings (SSSR count). The lowest BCUT2D eigenvalue weighted by molar-refractivity contribution is -0.383. The first-order chi connectivity index (χ1) is 13.8. The van der Waals surface area contributed by atoms with Crippen molar-refractivity contribution in [2.75, 3.05) is 10.7 Å². The first-order valence-electron chi connectivity index (χ1n) is 8.19. The second-order valence-corrected chi connectivity index (χ2v) is 6.28. The Kier molecular flexibility index (Phi) is 5.84. The summed E-state index contributed by atoms with van der Waals surface area (Å²) in [6.07, 6.45) is 1.10. The number of nitro groups is 1. The number of hydrazine groups is 1.